The van der Waals surface area contributed by atoms with Crippen LogP contribution in [0.3, 0.4) is 0 Å². The maximum atomic E-state index is 5.69. The minimum Gasteiger partial charge on any atom is -0.368 e. The lowest BCUT2D eigenvalue weighted by molar-refractivity contribution is -0.0221. The summed E-state index contributed by atoms with van der Waals surface area (Å²) in [6.07, 6.45) is 2.41. The van der Waals surface area contributed by atoms with E-state index in [2.05, 4.69) is 29.3 Å². The van der Waals surface area contributed by atoms with Gasteiger partial charge in [0.05, 0.1) is 0 Å². The van der Waals surface area contributed by atoms with Crippen LogP contribution in [0.15, 0.2) is 4.52 Å². The zero-order valence-corrected chi connectivity index (χ0v) is 13.3. The summed E-state index contributed by atoms with van der Waals surface area (Å²) in [5.41, 5.74) is -0.613. The summed E-state index contributed by atoms with van der Waals surface area (Å²) in [6, 6.07) is 0. The van der Waals surface area contributed by atoms with Gasteiger partial charge in [-0.2, -0.15) is 4.98 Å². The van der Waals surface area contributed by atoms with E-state index in [0.717, 1.165) is 13.1 Å². The van der Waals surface area contributed by atoms with Crippen LogP contribution in [-0.4, -0.2) is 29.8 Å². The molecule has 0 radical (unpaired) electrons. The number of rotatable bonds is 5. The summed E-state index contributed by atoms with van der Waals surface area (Å²) in [5.74, 6) is 1.87. The average molecular weight is 281 g/mol. The summed E-state index contributed by atoms with van der Waals surface area (Å²) < 4.78 is 11.2. The van der Waals surface area contributed by atoms with E-state index in [0.29, 0.717) is 24.2 Å². The number of nitrogens with zero attached hydrogens (tertiary/aromatic N) is 2. The second-order valence-corrected chi connectivity index (χ2v) is 6.63. The highest BCUT2D eigenvalue weighted by atomic mass is 16.5. The predicted molar refractivity (Wildman–Crippen MR) is 77.6 cm³/mol. The van der Waals surface area contributed by atoms with Gasteiger partial charge in [0.1, 0.15) is 5.60 Å². The molecule has 1 saturated heterocycles. The topological polar surface area (TPSA) is 60.2 Å². The van der Waals surface area contributed by atoms with E-state index in [1.54, 1.807) is 0 Å². The third kappa shape index (κ3) is 3.04. The van der Waals surface area contributed by atoms with Crippen molar-refractivity contribution in [3.63, 3.8) is 0 Å². The SMILES string of the molecule is CCOC(C)(C)c1noc(C(C)(C)C2CCCNC2)n1. The van der Waals surface area contributed by atoms with Gasteiger partial charge in [0.2, 0.25) is 11.7 Å². The first-order valence-corrected chi connectivity index (χ1v) is 7.57. The number of hydrogen-bond donors (Lipinski definition) is 1. The lowest BCUT2D eigenvalue weighted by Crippen LogP contribution is -2.41. The minimum absolute atomic E-state index is 0.110. The largest absolute Gasteiger partial charge is 0.368 e. The zero-order chi connectivity index (χ0) is 14.8. The molecule has 5 nitrogen and oxygen atoms in total. The Hall–Kier alpha value is -0.940. The maximum absolute atomic E-state index is 5.69. The first-order chi connectivity index (χ1) is 9.38. The van der Waals surface area contributed by atoms with Crippen LogP contribution >= 0.6 is 0 Å². The van der Waals surface area contributed by atoms with Crippen molar-refractivity contribution in [3.05, 3.63) is 11.7 Å². The fourth-order valence-corrected chi connectivity index (χ4v) is 2.80. The van der Waals surface area contributed by atoms with Crippen LogP contribution in [0.1, 0.15) is 59.2 Å². The molecule has 1 aliphatic rings. The number of ether oxygens (including phenoxy) is 1. The highest BCUT2D eigenvalue weighted by Crippen LogP contribution is 2.35. The van der Waals surface area contributed by atoms with Crippen molar-refractivity contribution in [3.8, 4) is 0 Å². The molecule has 5 heteroatoms. The summed E-state index contributed by atoms with van der Waals surface area (Å²) in [7, 11) is 0. The minimum atomic E-state index is -0.503. The molecule has 2 rings (SSSR count). The molecule has 0 bridgehead atoms. The van der Waals surface area contributed by atoms with Crippen LogP contribution in [0.25, 0.3) is 0 Å². The van der Waals surface area contributed by atoms with Gasteiger partial charge in [0, 0.05) is 12.0 Å². The normalized spacial score (nSPS) is 21.1. The van der Waals surface area contributed by atoms with Crippen molar-refractivity contribution >= 4 is 0 Å². The van der Waals surface area contributed by atoms with E-state index in [1.807, 2.05) is 20.8 Å². The lowest BCUT2D eigenvalue weighted by Gasteiger charge is -2.34. The second-order valence-electron chi connectivity index (χ2n) is 6.63. The Kier molecular flexibility index (Phi) is 4.49. The molecule has 0 spiro atoms. The number of nitrogens with one attached hydrogen (secondary N) is 1. The van der Waals surface area contributed by atoms with Gasteiger partial charge in [-0.05, 0) is 52.6 Å². The van der Waals surface area contributed by atoms with Crippen molar-refractivity contribution in [2.24, 2.45) is 5.92 Å². The number of piperidine rings is 1. The van der Waals surface area contributed by atoms with Gasteiger partial charge in [-0.1, -0.05) is 19.0 Å². The van der Waals surface area contributed by atoms with Crippen LogP contribution in [0, 0.1) is 5.92 Å². The zero-order valence-electron chi connectivity index (χ0n) is 13.3. The Morgan fingerprint density at radius 3 is 2.70 bits per heavy atom. The molecule has 0 saturated carbocycles. The van der Waals surface area contributed by atoms with E-state index in [4.69, 9.17) is 9.26 Å². The maximum Gasteiger partial charge on any atom is 0.232 e. The first kappa shape index (κ1) is 15.4. The van der Waals surface area contributed by atoms with E-state index in [9.17, 15) is 0 Å². The molecule has 20 heavy (non-hydrogen) atoms. The molecule has 1 aromatic rings. The van der Waals surface area contributed by atoms with E-state index in [1.165, 1.54) is 12.8 Å². The highest BCUT2D eigenvalue weighted by molar-refractivity contribution is 5.08. The molecule has 1 fully saturated rings. The van der Waals surface area contributed by atoms with E-state index < -0.39 is 5.60 Å². The summed E-state index contributed by atoms with van der Waals surface area (Å²) in [5, 5.41) is 7.59. The Bertz CT molecular complexity index is 434. The van der Waals surface area contributed by atoms with Crippen molar-refractivity contribution in [1.29, 1.82) is 0 Å². The molecule has 1 aromatic heterocycles. The van der Waals surface area contributed by atoms with Crippen molar-refractivity contribution < 1.29 is 9.26 Å². The monoisotopic (exact) mass is 281 g/mol. The van der Waals surface area contributed by atoms with Crippen LogP contribution in [-0.2, 0) is 15.8 Å². The van der Waals surface area contributed by atoms with Gasteiger partial charge in [0.25, 0.3) is 0 Å². The third-order valence-corrected chi connectivity index (χ3v) is 4.34. The van der Waals surface area contributed by atoms with Crippen LogP contribution < -0.4 is 5.32 Å². The van der Waals surface area contributed by atoms with Gasteiger partial charge >= 0.3 is 0 Å². The molecule has 1 unspecified atom stereocenters. The van der Waals surface area contributed by atoms with E-state index >= 15 is 0 Å². The van der Waals surface area contributed by atoms with Gasteiger partial charge in [-0.25, -0.2) is 0 Å². The summed E-state index contributed by atoms with van der Waals surface area (Å²) >= 11 is 0. The fourth-order valence-electron chi connectivity index (χ4n) is 2.80. The van der Waals surface area contributed by atoms with Gasteiger partial charge in [0.15, 0.2) is 0 Å². The molecule has 114 valence electrons. The first-order valence-electron chi connectivity index (χ1n) is 7.57. The Balaban J connectivity index is 2.18. The highest BCUT2D eigenvalue weighted by Gasteiger charge is 2.38. The Morgan fingerprint density at radius 1 is 1.35 bits per heavy atom. The van der Waals surface area contributed by atoms with Crippen LogP contribution in [0.2, 0.25) is 0 Å². The quantitative estimate of drug-likeness (QED) is 0.899. The molecular formula is C15H27N3O2. The average Bonchev–Trinajstić information content (AvgIpc) is 2.91. The van der Waals surface area contributed by atoms with Gasteiger partial charge in [-0.3, -0.25) is 0 Å². The molecule has 1 aliphatic heterocycles. The third-order valence-electron chi connectivity index (χ3n) is 4.34. The van der Waals surface area contributed by atoms with Crippen molar-refractivity contribution in [2.45, 2.75) is 58.5 Å². The summed E-state index contributed by atoms with van der Waals surface area (Å²) in [6.45, 7) is 13.1. The Labute approximate surface area is 121 Å². The fraction of sp³-hybridized carbons (Fsp3) is 0.867. The Morgan fingerprint density at radius 2 is 2.10 bits per heavy atom. The molecule has 0 amide bonds. The standard InChI is InChI=1S/C15H27N3O2/c1-6-19-15(4,5)12-17-13(20-18-12)14(2,3)11-8-7-9-16-10-11/h11,16H,6-10H2,1-5H3. The van der Waals surface area contributed by atoms with Crippen LogP contribution in [0.5, 0.6) is 0 Å². The van der Waals surface area contributed by atoms with Gasteiger partial charge in [-0.15, -0.1) is 0 Å². The molecule has 0 aliphatic carbocycles. The van der Waals surface area contributed by atoms with E-state index in [-0.39, 0.29) is 5.41 Å². The molecule has 0 aromatic carbocycles. The summed E-state index contributed by atoms with van der Waals surface area (Å²) in [4.78, 5) is 4.62. The smallest absolute Gasteiger partial charge is 0.232 e. The molecule has 1 N–H and O–H groups in total. The van der Waals surface area contributed by atoms with Crippen molar-refractivity contribution in [2.75, 3.05) is 19.7 Å². The predicted octanol–water partition coefficient (Wildman–Crippen LogP) is 2.62. The number of aromatic nitrogens is 2. The van der Waals surface area contributed by atoms with Crippen LogP contribution in [0.4, 0.5) is 0 Å². The van der Waals surface area contributed by atoms with Crippen molar-refractivity contribution in [1.82, 2.24) is 15.5 Å². The van der Waals surface area contributed by atoms with Gasteiger partial charge < -0.3 is 14.6 Å². The lowest BCUT2D eigenvalue weighted by atomic mass is 9.75. The second kappa shape index (κ2) is 5.82. The molecular weight excluding hydrogens is 254 g/mol. The molecule has 1 atom stereocenters. The molecule has 2 heterocycles. The number of hydrogen-bond acceptors (Lipinski definition) is 5.